The second-order valence-corrected chi connectivity index (χ2v) is 6.11. The first-order valence-corrected chi connectivity index (χ1v) is 8.43. The van der Waals surface area contributed by atoms with Gasteiger partial charge < -0.3 is 4.74 Å². The van der Waals surface area contributed by atoms with Crippen LogP contribution in [0, 0.1) is 0 Å². The molecule has 0 amide bonds. The van der Waals surface area contributed by atoms with Crippen molar-refractivity contribution in [3.8, 4) is 0 Å². The van der Waals surface area contributed by atoms with Crippen molar-refractivity contribution in [2.45, 2.75) is 70.3 Å². The molecular formula is C19H28O2. The van der Waals surface area contributed by atoms with Crippen molar-refractivity contribution >= 4 is 5.78 Å². The zero-order valence-corrected chi connectivity index (χ0v) is 13.4. The number of hydrogen-bond donors (Lipinski definition) is 0. The predicted molar refractivity (Wildman–Crippen MR) is 86.5 cm³/mol. The van der Waals surface area contributed by atoms with Crippen molar-refractivity contribution in [2.75, 3.05) is 6.61 Å². The molecule has 0 aliphatic carbocycles. The van der Waals surface area contributed by atoms with Crippen molar-refractivity contribution in [3.05, 3.63) is 35.9 Å². The summed E-state index contributed by atoms with van der Waals surface area (Å²) in [5, 5.41) is 0. The van der Waals surface area contributed by atoms with Crippen LogP contribution in [-0.2, 0) is 14.9 Å². The lowest BCUT2D eigenvalue weighted by molar-refractivity contribution is -0.125. The molecule has 0 saturated carbocycles. The van der Waals surface area contributed by atoms with E-state index in [1.807, 2.05) is 18.2 Å². The molecule has 1 heterocycles. The summed E-state index contributed by atoms with van der Waals surface area (Å²) in [6.45, 7) is 5.17. The van der Waals surface area contributed by atoms with Gasteiger partial charge in [-0.25, -0.2) is 0 Å². The molecule has 1 saturated heterocycles. The fourth-order valence-electron chi connectivity index (χ4n) is 3.57. The van der Waals surface area contributed by atoms with Gasteiger partial charge in [0.1, 0.15) is 5.78 Å². The van der Waals surface area contributed by atoms with Crippen LogP contribution in [0.2, 0.25) is 0 Å². The summed E-state index contributed by atoms with van der Waals surface area (Å²) in [7, 11) is 0. The highest BCUT2D eigenvalue weighted by Crippen LogP contribution is 2.34. The average molecular weight is 288 g/mol. The van der Waals surface area contributed by atoms with Crippen molar-refractivity contribution in [2.24, 2.45) is 0 Å². The molecule has 1 unspecified atom stereocenters. The van der Waals surface area contributed by atoms with E-state index in [-0.39, 0.29) is 5.41 Å². The lowest BCUT2D eigenvalue weighted by Gasteiger charge is -2.31. The van der Waals surface area contributed by atoms with Crippen molar-refractivity contribution in [1.82, 2.24) is 0 Å². The standard InChI is InChI=1S/C19H28O2/c1-3-19(4-2,16-10-6-5-7-11-16)18(20)14-8-12-17-13-9-15-21-17/h5-7,10-11,17H,3-4,8-9,12-15H2,1-2H3. The topological polar surface area (TPSA) is 26.3 Å². The van der Waals surface area contributed by atoms with Gasteiger partial charge in [-0.05, 0) is 44.1 Å². The number of rotatable bonds is 8. The van der Waals surface area contributed by atoms with Crippen LogP contribution >= 0.6 is 0 Å². The Balaban J connectivity index is 1.98. The van der Waals surface area contributed by atoms with Gasteiger partial charge in [0.25, 0.3) is 0 Å². The number of ether oxygens (including phenoxy) is 1. The highest BCUT2D eigenvalue weighted by Gasteiger charge is 2.35. The van der Waals surface area contributed by atoms with Crippen molar-refractivity contribution < 1.29 is 9.53 Å². The van der Waals surface area contributed by atoms with Crippen LogP contribution in [0.25, 0.3) is 0 Å². The van der Waals surface area contributed by atoms with Crippen LogP contribution in [0.3, 0.4) is 0 Å². The van der Waals surface area contributed by atoms with Gasteiger partial charge in [-0.3, -0.25) is 4.79 Å². The Morgan fingerprint density at radius 2 is 1.95 bits per heavy atom. The van der Waals surface area contributed by atoms with Crippen molar-refractivity contribution in [1.29, 1.82) is 0 Å². The Morgan fingerprint density at radius 3 is 2.52 bits per heavy atom. The zero-order valence-electron chi connectivity index (χ0n) is 13.4. The third kappa shape index (κ3) is 3.74. The molecule has 1 aromatic carbocycles. The Labute approximate surface area is 128 Å². The third-order valence-electron chi connectivity index (χ3n) is 5.02. The van der Waals surface area contributed by atoms with Gasteiger partial charge in [-0.1, -0.05) is 44.2 Å². The predicted octanol–water partition coefficient (Wildman–Crippen LogP) is 4.66. The van der Waals surface area contributed by atoms with Crippen LogP contribution in [0.4, 0.5) is 0 Å². The first-order valence-electron chi connectivity index (χ1n) is 8.43. The summed E-state index contributed by atoms with van der Waals surface area (Å²) in [5.74, 6) is 0.400. The number of Topliss-reactive ketones (excluding diaryl/α,β-unsaturated/α-hetero) is 1. The lowest BCUT2D eigenvalue weighted by Crippen LogP contribution is -2.34. The van der Waals surface area contributed by atoms with E-state index in [1.165, 1.54) is 18.4 Å². The minimum atomic E-state index is -0.294. The molecule has 0 N–H and O–H groups in total. The summed E-state index contributed by atoms with van der Waals surface area (Å²) >= 11 is 0. The molecule has 0 aromatic heterocycles. The maximum Gasteiger partial charge on any atom is 0.143 e. The molecule has 1 atom stereocenters. The van der Waals surface area contributed by atoms with Gasteiger partial charge in [-0.15, -0.1) is 0 Å². The van der Waals surface area contributed by atoms with Gasteiger partial charge in [0.05, 0.1) is 11.5 Å². The Hall–Kier alpha value is -1.15. The number of carbonyl (C=O) groups is 1. The third-order valence-corrected chi connectivity index (χ3v) is 5.02. The van der Waals surface area contributed by atoms with E-state index in [1.54, 1.807) is 0 Å². The smallest absolute Gasteiger partial charge is 0.143 e. The molecule has 2 heteroatoms. The van der Waals surface area contributed by atoms with Crippen LogP contribution in [0.1, 0.15) is 64.4 Å². The first kappa shape index (κ1) is 16.2. The van der Waals surface area contributed by atoms with Gasteiger partial charge >= 0.3 is 0 Å². The van der Waals surface area contributed by atoms with Gasteiger partial charge in [0.2, 0.25) is 0 Å². The maximum atomic E-state index is 12.9. The molecule has 1 aromatic rings. The Bertz CT molecular complexity index is 428. The summed E-state index contributed by atoms with van der Waals surface area (Å²) in [6.07, 6.45) is 7.17. The maximum absolute atomic E-state index is 12.9. The van der Waals surface area contributed by atoms with Crippen molar-refractivity contribution in [3.63, 3.8) is 0 Å². The van der Waals surface area contributed by atoms with Gasteiger partial charge in [0, 0.05) is 13.0 Å². The summed E-state index contributed by atoms with van der Waals surface area (Å²) in [5.41, 5.74) is 0.884. The molecule has 116 valence electrons. The van der Waals surface area contributed by atoms with Crippen LogP contribution in [0.15, 0.2) is 30.3 Å². The molecule has 0 bridgehead atoms. The Kier molecular flexibility index (Phi) is 5.98. The average Bonchev–Trinajstić information content (AvgIpc) is 3.03. The van der Waals surface area contributed by atoms with E-state index in [0.29, 0.717) is 18.3 Å². The van der Waals surface area contributed by atoms with E-state index in [2.05, 4.69) is 26.0 Å². The second kappa shape index (κ2) is 7.74. The number of carbonyl (C=O) groups excluding carboxylic acids is 1. The highest BCUT2D eigenvalue weighted by molar-refractivity contribution is 5.90. The first-order chi connectivity index (χ1) is 10.2. The quantitative estimate of drug-likeness (QED) is 0.695. The van der Waals surface area contributed by atoms with Crippen LogP contribution in [0.5, 0.6) is 0 Å². The van der Waals surface area contributed by atoms with E-state index in [9.17, 15) is 4.79 Å². The SMILES string of the molecule is CCC(CC)(C(=O)CCCC1CCCO1)c1ccccc1. The minimum absolute atomic E-state index is 0.294. The largest absolute Gasteiger partial charge is 0.378 e. The number of hydrogen-bond acceptors (Lipinski definition) is 2. The summed E-state index contributed by atoms with van der Waals surface area (Å²) < 4.78 is 5.65. The molecule has 0 spiro atoms. The van der Waals surface area contributed by atoms with E-state index >= 15 is 0 Å². The second-order valence-electron chi connectivity index (χ2n) is 6.11. The molecule has 1 aliphatic rings. The van der Waals surface area contributed by atoms with Gasteiger partial charge in [0.15, 0.2) is 0 Å². The van der Waals surface area contributed by atoms with Crippen LogP contribution < -0.4 is 0 Å². The highest BCUT2D eigenvalue weighted by atomic mass is 16.5. The van der Waals surface area contributed by atoms with Gasteiger partial charge in [-0.2, -0.15) is 0 Å². The monoisotopic (exact) mass is 288 g/mol. The molecule has 0 radical (unpaired) electrons. The Morgan fingerprint density at radius 1 is 1.24 bits per heavy atom. The number of ketones is 1. The summed E-state index contributed by atoms with van der Waals surface area (Å²) in [4.78, 5) is 12.9. The zero-order chi connectivity index (χ0) is 15.1. The summed E-state index contributed by atoms with van der Waals surface area (Å²) in [6, 6.07) is 10.3. The molecule has 2 nitrogen and oxygen atoms in total. The molecule has 1 fully saturated rings. The molecule has 1 aliphatic heterocycles. The molecule has 21 heavy (non-hydrogen) atoms. The minimum Gasteiger partial charge on any atom is -0.378 e. The van der Waals surface area contributed by atoms with Crippen LogP contribution in [-0.4, -0.2) is 18.5 Å². The fourth-order valence-corrected chi connectivity index (χ4v) is 3.57. The molecule has 2 rings (SSSR count). The van der Waals surface area contributed by atoms with E-state index < -0.39 is 0 Å². The fraction of sp³-hybridized carbons (Fsp3) is 0.632. The van der Waals surface area contributed by atoms with E-state index in [0.717, 1.165) is 32.3 Å². The van der Waals surface area contributed by atoms with E-state index in [4.69, 9.17) is 4.74 Å². The normalized spacial score (nSPS) is 18.9. The lowest BCUT2D eigenvalue weighted by atomic mass is 9.71. The number of benzene rings is 1. The molecular weight excluding hydrogens is 260 g/mol.